The first-order chi connectivity index (χ1) is 37.5. The zero-order valence-corrected chi connectivity index (χ0v) is 45.4. The van der Waals surface area contributed by atoms with Crippen molar-refractivity contribution < 1.29 is 53.6 Å². The molecule has 9 N–H and O–H groups in total. The Labute approximate surface area is 459 Å². The van der Waals surface area contributed by atoms with Gasteiger partial charge in [-0.2, -0.15) is 0 Å². The van der Waals surface area contributed by atoms with Crippen LogP contribution >= 0.6 is 22.7 Å². The molecular weight excluding hydrogens is 1040 g/mol. The molecule has 1 saturated heterocycles. The molecule has 0 radical (unpaired) electrons. The number of ether oxygens (including phenoxy) is 2. The smallest absolute Gasteiger partial charge is 0.330 e. The molecule has 1 aliphatic heterocycles. The predicted octanol–water partition coefficient (Wildman–Crippen LogP) is 4.83. The van der Waals surface area contributed by atoms with Gasteiger partial charge in [0.25, 0.3) is 23.6 Å². The number of phenols is 2. The highest BCUT2D eigenvalue weighted by Gasteiger charge is 2.28. The second-order valence-corrected chi connectivity index (χ2v) is 19.9. The normalized spacial score (nSPS) is 12.9. The summed E-state index contributed by atoms with van der Waals surface area (Å²) in [6.45, 7) is 11.0. The lowest BCUT2D eigenvalue weighted by Crippen LogP contribution is -2.50. The van der Waals surface area contributed by atoms with Gasteiger partial charge in [0.2, 0.25) is 11.9 Å². The van der Waals surface area contributed by atoms with Crippen LogP contribution in [-0.4, -0.2) is 153 Å². The van der Waals surface area contributed by atoms with Crippen molar-refractivity contribution in [3.05, 3.63) is 138 Å². The van der Waals surface area contributed by atoms with Gasteiger partial charge in [0, 0.05) is 45.8 Å². The Morgan fingerprint density at radius 2 is 1.08 bits per heavy atom. The number of carboxylic acids is 1. The number of thiophene rings is 2. The molecule has 414 valence electrons. The molecule has 78 heavy (non-hydrogen) atoms. The first-order valence-electron chi connectivity index (χ1n) is 25.2. The number of aromatic hydroxyl groups is 2. The molecule has 22 nitrogen and oxygen atoms in total. The molecule has 0 saturated carbocycles. The van der Waals surface area contributed by atoms with Gasteiger partial charge in [0.15, 0.2) is 0 Å². The number of nitrogens with one attached hydrogen (secondary N) is 6. The summed E-state index contributed by atoms with van der Waals surface area (Å²) >= 11 is 2.51. The molecule has 0 spiro atoms. The molecule has 0 unspecified atom stereocenters. The van der Waals surface area contributed by atoms with Crippen LogP contribution in [0.1, 0.15) is 86.8 Å². The van der Waals surface area contributed by atoms with Crippen LogP contribution in [0.3, 0.4) is 0 Å². The molecule has 2 aromatic carbocycles. The number of phenolic OH excluding ortho intramolecular Hbond substituents is 2. The molecule has 2 atom stereocenters. The number of hydrogen-bond donors (Lipinski definition) is 9. The number of carboxylic acid groups (broad SMARTS) is 1. The number of esters is 1. The van der Waals surface area contributed by atoms with Crippen molar-refractivity contribution in [2.24, 2.45) is 0 Å². The fraction of sp³-hybridized carbons (Fsp3) is 0.370. The number of benzene rings is 2. The molecule has 0 aliphatic carbocycles. The first-order valence-corrected chi connectivity index (χ1v) is 27.0. The Hall–Kier alpha value is -8.06. The van der Waals surface area contributed by atoms with Gasteiger partial charge in [-0.1, -0.05) is 36.4 Å². The second-order valence-electron chi connectivity index (χ2n) is 18.0. The predicted molar refractivity (Wildman–Crippen MR) is 295 cm³/mol. The number of anilines is 2. The summed E-state index contributed by atoms with van der Waals surface area (Å²) in [5.41, 5.74) is 4.18. The molecular formula is C54H65N11O11S2. The summed E-state index contributed by atoms with van der Waals surface area (Å²) in [5.74, 6) is -2.60. The minimum atomic E-state index is -1.32. The van der Waals surface area contributed by atoms with E-state index in [1.54, 1.807) is 93.1 Å². The first kappa shape index (κ1) is 59.2. The zero-order chi connectivity index (χ0) is 56.0. The van der Waals surface area contributed by atoms with E-state index >= 15 is 0 Å². The lowest BCUT2D eigenvalue weighted by Gasteiger charge is -2.26. The average molecular weight is 1110 g/mol. The Morgan fingerprint density at radius 3 is 1.50 bits per heavy atom. The number of rotatable bonds is 25. The van der Waals surface area contributed by atoms with Crippen LogP contribution in [0.15, 0.2) is 83.6 Å². The Balaban J connectivity index is 0.000000258. The quantitative estimate of drug-likeness (QED) is 0.0274. The van der Waals surface area contributed by atoms with Gasteiger partial charge < -0.3 is 56.7 Å². The van der Waals surface area contributed by atoms with E-state index in [1.165, 1.54) is 22.7 Å². The van der Waals surface area contributed by atoms with E-state index in [2.05, 4.69) is 56.7 Å². The summed E-state index contributed by atoms with van der Waals surface area (Å²) < 4.78 is 10.8. The molecule has 1 fully saturated rings. The number of nitrogens with zero attached hydrogens (tertiary/aromatic N) is 5. The van der Waals surface area contributed by atoms with Crippen LogP contribution < -0.4 is 31.9 Å². The fourth-order valence-corrected chi connectivity index (χ4v) is 9.37. The molecule has 1 aliphatic rings. The summed E-state index contributed by atoms with van der Waals surface area (Å²) in [6, 6.07) is 18.6. The van der Waals surface area contributed by atoms with Gasteiger partial charge in [0.05, 0.1) is 56.9 Å². The molecule has 7 rings (SSSR count). The van der Waals surface area contributed by atoms with Gasteiger partial charge in [-0.3, -0.25) is 24.1 Å². The maximum atomic E-state index is 13.4. The van der Waals surface area contributed by atoms with Crippen molar-refractivity contribution in [2.75, 3.05) is 76.3 Å². The van der Waals surface area contributed by atoms with Crippen molar-refractivity contribution in [1.29, 1.82) is 0 Å². The van der Waals surface area contributed by atoms with Crippen molar-refractivity contribution >= 4 is 70.1 Å². The highest BCUT2D eigenvalue weighted by Crippen LogP contribution is 2.18. The number of aryl methyl sites for hydroxylation is 6. The van der Waals surface area contributed by atoms with Crippen LogP contribution in [0.4, 0.5) is 11.9 Å². The summed E-state index contributed by atoms with van der Waals surface area (Å²) in [5, 5.41) is 48.9. The lowest BCUT2D eigenvalue weighted by molar-refractivity contribution is -0.146. The minimum absolute atomic E-state index is 0.142. The monoisotopic (exact) mass is 1110 g/mol. The number of amides is 4. The largest absolute Gasteiger partial charge is 0.508 e. The number of hydrogen-bond acceptors (Lipinski definition) is 19. The van der Waals surface area contributed by atoms with Crippen LogP contribution in [0.5, 0.6) is 11.5 Å². The fourth-order valence-electron chi connectivity index (χ4n) is 8.09. The summed E-state index contributed by atoms with van der Waals surface area (Å²) in [4.78, 5) is 96.2. The highest BCUT2D eigenvalue weighted by atomic mass is 32.1. The van der Waals surface area contributed by atoms with Gasteiger partial charge in [-0.25, -0.2) is 29.5 Å². The third-order valence-corrected chi connectivity index (χ3v) is 13.8. The number of aromatic nitrogens is 4. The highest BCUT2D eigenvalue weighted by molar-refractivity contribution is 7.12. The third-order valence-electron chi connectivity index (χ3n) is 12.0. The number of morpholine rings is 1. The lowest BCUT2D eigenvalue weighted by atomic mass is 10.1. The topological polar surface area (TPSA) is 309 Å². The summed E-state index contributed by atoms with van der Waals surface area (Å²) in [7, 11) is 0. The van der Waals surface area contributed by atoms with Gasteiger partial charge in [-0.15, -0.1) is 22.7 Å². The molecule has 24 heteroatoms. The van der Waals surface area contributed by atoms with Crippen LogP contribution in [0, 0.1) is 27.7 Å². The summed E-state index contributed by atoms with van der Waals surface area (Å²) in [6.07, 6.45) is 3.11. The van der Waals surface area contributed by atoms with Gasteiger partial charge >= 0.3 is 11.9 Å². The molecule has 5 heterocycles. The second kappa shape index (κ2) is 30.0. The molecule has 4 aromatic heterocycles. The van der Waals surface area contributed by atoms with E-state index in [9.17, 15) is 44.1 Å². The van der Waals surface area contributed by atoms with Gasteiger partial charge in [0.1, 0.15) is 30.2 Å². The van der Waals surface area contributed by atoms with E-state index in [-0.39, 0.29) is 48.2 Å². The van der Waals surface area contributed by atoms with Crippen molar-refractivity contribution in [2.45, 2.75) is 65.5 Å². The van der Waals surface area contributed by atoms with Crippen molar-refractivity contribution in [1.82, 2.24) is 46.1 Å². The minimum Gasteiger partial charge on any atom is -0.508 e. The van der Waals surface area contributed by atoms with Gasteiger partial charge in [-0.05, 0) is 112 Å². The van der Waals surface area contributed by atoms with Crippen molar-refractivity contribution in [3.63, 3.8) is 0 Å². The number of carbonyl (C=O) groups is 6. The van der Waals surface area contributed by atoms with E-state index in [4.69, 9.17) is 9.47 Å². The van der Waals surface area contributed by atoms with Crippen LogP contribution in [0.25, 0.3) is 0 Å². The van der Waals surface area contributed by atoms with E-state index in [0.29, 0.717) is 77.3 Å². The Kier molecular flexibility index (Phi) is 22.8. The van der Waals surface area contributed by atoms with Crippen molar-refractivity contribution in [3.8, 4) is 11.5 Å². The molecule has 6 aromatic rings. The SMILES string of the molecule is Cc1nc(NCCCc2cccc(O)c2)nc(C)c1C(=O)N[C@@H](CNC(=O)c1cccs1)C(=O)O.Cc1nc(NCCCc2cccc(O)c2)nc(C)c1C(=O)N[C@@H](CNC(=O)c1cccs1)C(=O)OCCN1CCOCC1. The van der Waals surface area contributed by atoms with E-state index in [0.717, 1.165) is 49.9 Å². The van der Waals surface area contributed by atoms with E-state index in [1.807, 2.05) is 18.2 Å². The zero-order valence-electron chi connectivity index (χ0n) is 43.8. The van der Waals surface area contributed by atoms with E-state index < -0.39 is 41.7 Å². The Morgan fingerprint density at radius 1 is 0.628 bits per heavy atom. The Bertz CT molecular complexity index is 2930. The maximum Gasteiger partial charge on any atom is 0.330 e. The third kappa shape index (κ3) is 18.6. The number of aliphatic carboxylic acids is 1. The number of carbonyl (C=O) groups excluding carboxylic acids is 5. The van der Waals surface area contributed by atoms with Crippen LogP contribution in [-0.2, 0) is 31.9 Å². The van der Waals surface area contributed by atoms with Crippen LogP contribution in [0.2, 0.25) is 0 Å². The maximum absolute atomic E-state index is 13.4. The average Bonchev–Trinajstić information content (AvgIpc) is 4.18. The molecule has 4 amide bonds. The standard InChI is InChI=1S/C30H38N6O6S.C24H27N5O5S/c1-20-26(21(2)34-30(33-20)31-10-4-7-22-6-3-8-23(37)18-22)28(39)35-24(19-32-27(38)25-9-5-17-43-25)29(40)42-16-13-36-11-14-41-15-12-36;1-14-20(22(32)29-18(23(33)34)13-26-21(31)19-9-5-11-35-19)15(2)28-24(27-14)25-10-4-7-16-6-3-8-17(30)12-16/h3,5-6,8-9,17-18,24,37H,4,7,10-16,19H2,1-2H3,(H,32,38)(H,35,39)(H,31,33,34);3,5-6,8-9,11-12,18,30H,4,7,10,13H2,1-2H3,(H,26,31)(H,29,32)(H,33,34)(H,25,27,28)/t24-;18-/m00/s1. The molecule has 0 bridgehead atoms.